The number of nitrogens with zero attached hydrogens (tertiary/aromatic N) is 3. The monoisotopic (exact) mass is 395 g/mol. The number of anilines is 1. The van der Waals surface area contributed by atoms with Crippen molar-refractivity contribution in [2.45, 2.75) is 31.1 Å². The second kappa shape index (κ2) is 7.03. The average molecular weight is 395 g/mol. The smallest absolute Gasteiger partial charge is 0.272 e. The molecule has 1 aromatic rings. The minimum Gasteiger partial charge on any atom is -0.370 e. The van der Waals surface area contributed by atoms with Crippen LogP contribution in [0.15, 0.2) is 18.3 Å². The topological polar surface area (TPSA) is 89.0 Å². The van der Waals surface area contributed by atoms with Gasteiger partial charge in [-0.2, -0.15) is 0 Å². The van der Waals surface area contributed by atoms with Gasteiger partial charge in [-0.05, 0) is 18.6 Å². The molecule has 4 rings (SSSR count). The summed E-state index contributed by atoms with van der Waals surface area (Å²) in [5, 5.41) is 0. The van der Waals surface area contributed by atoms with Gasteiger partial charge < -0.3 is 19.3 Å². The van der Waals surface area contributed by atoms with Gasteiger partial charge in [-0.25, -0.2) is 8.42 Å². The highest BCUT2D eigenvalue weighted by molar-refractivity contribution is 7.91. The number of pyridine rings is 1. The van der Waals surface area contributed by atoms with Crippen molar-refractivity contribution in [2.75, 3.05) is 49.8 Å². The van der Waals surface area contributed by atoms with E-state index in [0.29, 0.717) is 51.3 Å². The number of sulfone groups is 1. The van der Waals surface area contributed by atoms with Crippen molar-refractivity contribution in [2.24, 2.45) is 0 Å². The minimum absolute atomic E-state index is 0.0631. The van der Waals surface area contributed by atoms with Crippen molar-refractivity contribution in [3.8, 4) is 0 Å². The zero-order chi connectivity index (χ0) is 19.1. The second-order valence-corrected chi connectivity index (χ2v) is 9.70. The predicted molar refractivity (Wildman–Crippen MR) is 99.5 cm³/mol. The van der Waals surface area contributed by atoms with E-state index in [1.165, 1.54) is 0 Å². The molecule has 4 heterocycles. The Morgan fingerprint density at radius 1 is 1.30 bits per heavy atom. The van der Waals surface area contributed by atoms with Crippen LogP contribution in [0.25, 0.3) is 0 Å². The SMILES string of the molecule is CN(c1ccnc(C(=O)N2CCC3(CC2)OCCO3)c1)C1CCS(=O)(=O)C1. The summed E-state index contributed by atoms with van der Waals surface area (Å²) in [5.41, 5.74) is 1.19. The summed E-state index contributed by atoms with van der Waals surface area (Å²) in [6.07, 6.45) is 3.55. The Morgan fingerprint density at radius 3 is 2.63 bits per heavy atom. The zero-order valence-corrected chi connectivity index (χ0v) is 16.3. The van der Waals surface area contributed by atoms with Crippen LogP contribution in [-0.2, 0) is 19.3 Å². The Labute approximate surface area is 159 Å². The lowest BCUT2D eigenvalue weighted by molar-refractivity contribution is -0.181. The van der Waals surface area contributed by atoms with Gasteiger partial charge in [0.1, 0.15) is 5.69 Å². The lowest BCUT2D eigenvalue weighted by Crippen LogP contribution is -2.47. The van der Waals surface area contributed by atoms with Crippen LogP contribution < -0.4 is 4.90 Å². The van der Waals surface area contributed by atoms with E-state index in [1.54, 1.807) is 17.2 Å². The van der Waals surface area contributed by atoms with Crippen molar-refractivity contribution in [3.05, 3.63) is 24.0 Å². The van der Waals surface area contributed by atoms with E-state index in [2.05, 4.69) is 4.98 Å². The van der Waals surface area contributed by atoms with E-state index in [9.17, 15) is 13.2 Å². The molecule has 0 aliphatic carbocycles. The summed E-state index contributed by atoms with van der Waals surface area (Å²) < 4.78 is 34.9. The van der Waals surface area contributed by atoms with Gasteiger partial charge in [0.2, 0.25) is 0 Å². The Kier molecular flexibility index (Phi) is 4.85. The fourth-order valence-electron chi connectivity index (χ4n) is 4.05. The van der Waals surface area contributed by atoms with Crippen molar-refractivity contribution in [3.63, 3.8) is 0 Å². The zero-order valence-electron chi connectivity index (χ0n) is 15.5. The number of likely N-dealkylation sites (tertiary alicyclic amines) is 1. The Hall–Kier alpha value is -1.71. The number of carbonyl (C=O) groups excluding carboxylic acids is 1. The van der Waals surface area contributed by atoms with E-state index >= 15 is 0 Å². The third-order valence-corrected chi connectivity index (χ3v) is 7.50. The normalized spacial score (nSPS) is 26.4. The molecular formula is C18H25N3O5S. The number of aromatic nitrogens is 1. The second-order valence-electron chi connectivity index (χ2n) is 7.47. The van der Waals surface area contributed by atoms with Crippen molar-refractivity contribution >= 4 is 21.4 Å². The van der Waals surface area contributed by atoms with Crippen LogP contribution in [0.1, 0.15) is 29.8 Å². The molecule has 1 amide bonds. The molecule has 0 aromatic carbocycles. The molecule has 148 valence electrons. The number of amides is 1. The number of carbonyl (C=O) groups is 1. The molecule has 1 spiro atoms. The summed E-state index contributed by atoms with van der Waals surface area (Å²) in [6.45, 7) is 2.37. The molecule has 1 unspecified atom stereocenters. The van der Waals surface area contributed by atoms with Crippen molar-refractivity contribution < 1.29 is 22.7 Å². The molecule has 8 nitrogen and oxygen atoms in total. The largest absolute Gasteiger partial charge is 0.370 e. The first-order chi connectivity index (χ1) is 12.9. The molecule has 0 N–H and O–H groups in total. The Bertz CT molecular complexity index is 812. The molecule has 1 atom stereocenters. The first-order valence-corrected chi connectivity index (χ1v) is 11.2. The van der Waals surface area contributed by atoms with Gasteiger partial charge in [0.15, 0.2) is 15.6 Å². The molecule has 1 aromatic heterocycles. The quantitative estimate of drug-likeness (QED) is 0.744. The fraction of sp³-hybridized carbons (Fsp3) is 0.667. The predicted octanol–water partition coefficient (Wildman–Crippen LogP) is 0.684. The van der Waals surface area contributed by atoms with E-state index in [1.807, 2.05) is 18.0 Å². The molecule has 3 fully saturated rings. The van der Waals surface area contributed by atoms with Crippen LogP contribution >= 0.6 is 0 Å². The number of rotatable bonds is 3. The van der Waals surface area contributed by atoms with E-state index in [-0.39, 0.29) is 23.5 Å². The molecule has 3 aliphatic heterocycles. The van der Waals surface area contributed by atoms with E-state index < -0.39 is 15.6 Å². The third kappa shape index (κ3) is 3.81. The molecule has 3 aliphatic rings. The molecule has 0 radical (unpaired) electrons. The van der Waals surface area contributed by atoms with Crippen LogP contribution in [0.3, 0.4) is 0 Å². The lowest BCUT2D eigenvalue weighted by Gasteiger charge is -2.37. The molecule has 0 bridgehead atoms. The van der Waals surface area contributed by atoms with Gasteiger partial charge in [-0.1, -0.05) is 0 Å². The van der Waals surface area contributed by atoms with E-state index in [0.717, 1.165) is 5.69 Å². The van der Waals surface area contributed by atoms with Crippen LogP contribution in [0.4, 0.5) is 5.69 Å². The summed E-state index contributed by atoms with van der Waals surface area (Å²) in [4.78, 5) is 20.8. The Morgan fingerprint density at radius 2 is 2.00 bits per heavy atom. The van der Waals surface area contributed by atoms with Crippen LogP contribution in [-0.4, -0.2) is 80.9 Å². The fourth-order valence-corrected chi connectivity index (χ4v) is 5.82. The molecule has 27 heavy (non-hydrogen) atoms. The summed E-state index contributed by atoms with van der Waals surface area (Å²) in [7, 11) is -1.09. The van der Waals surface area contributed by atoms with Crippen LogP contribution in [0, 0.1) is 0 Å². The number of hydrogen-bond acceptors (Lipinski definition) is 7. The molecular weight excluding hydrogens is 370 g/mol. The van der Waals surface area contributed by atoms with Crippen molar-refractivity contribution in [1.29, 1.82) is 0 Å². The number of ether oxygens (including phenoxy) is 2. The van der Waals surface area contributed by atoms with Crippen LogP contribution in [0.5, 0.6) is 0 Å². The average Bonchev–Trinajstić information content (AvgIpc) is 3.27. The highest BCUT2D eigenvalue weighted by atomic mass is 32.2. The third-order valence-electron chi connectivity index (χ3n) is 5.75. The highest BCUT2D eigenvalue weighted by Crippen LogP contribution is 2.32. The van der Waals surface area contributed by atoms with Gasteiger partial charge >= 0.3 is 0 Å². The summed E-state index contributed by atoms with van der Waals surface area (Å²) in [6, 6.07) is 3.50. The van der Waals surface area contributed by atoms with Crippen LogP contribution in [0.2, 0.25) is 0 Å². The van der Waals surface area contributed by atoms with E-state index in [4.69, 9.17) is 9.47 Å². The standard InChI is InChI=1S/C18H25N3O5S/c1-20(15-3-11-27(23,24)13-15)14-2-6-19-16(12-14)17(22)21-7-4-18(5-8-21)25-9-10-26-18/h2,6,12,15H,3-5,7-11,13H2,1H3. The Balaban J connectivity index is 1.43. The number of hydrogen-bond donors (Lipinski definition) is 0. The van der Waals surface area contributed by atoms with Gasteiger partial charge in [0.05, 0.1) is 24.7 Å². The maximum Gasteiger partial charge on any atom is 0.272 e. The summed E-state index contributed by atoms with van der Waals surface area (Å²) in [5.74, 6) is -0.251. The lowest BCUT2D eigenvalue weighted by atomic mass is 10.0. The molecule has 3 saturated heterocycles. The van der Waals surface area contributed by atoms with Gasteiger partial charge in [0.25, 0.3) is 5.91 Å². The summed E-state index contributed by atoms with van der Waals surface area (Å²) >= 11 is 0. The molecule has 9 heteroatoms. The van der Waals surface area contributed by atoms with Crippen molar-refractivity contribution in [1.82, 2.24) is 9.88 Å². The first kappa shape index (κ1) is 18.6. The maximum absolute atomic E-state index is 12.9. The maximum atomic E-state index is 12.9. The van der Waals surface area contributed by atoms with Gasteiger partial charge in [-0.15, -0.1) is 0 Å². The first-order valence-electron chi connectivity index (χ1n) is 9.34. The molecule has 0 saturated carbocycles. The number of piperidine rings is 1. The minimum atomic E-state index is -2.96. The van der Waals surface area contributed by atoms with Gasteiger partial charge in [0, 0.05) is 50.9 Å². The highest BCUT2D eigenvalue weighted by Gasteiger charge is 2.41. The van der Waals surface area contributed by atoms with Gasteiger partial charge in [-0.3, -0.25) is 9.78 Å².